The second-order valence-electron chi connectivity index (χ2n) is 7.01. The summed E-state index contributed by atoms with van der Waals surface area (Å²) in [6.07, 6.45) is 2.14. The first kappa shape index (κ1) is 22.1. The highest BCUT2D eigenvalue weighted by Gasteiger charge is 2.10. The maximum Gasteiger partial charge on any atom is 0.320 e. The third-order valence-electron chi connectivity index (χ3n) is 4.72. The molecular weight excluding hydrogens is 471 g/mol. The van der Waals surface area contributed by atoms with Crippen molar-refractivity contribution in [2.45, 2.75) is 6.42 Å². The summed E-state index contributed by atoms with van der Waals surface area (Å²) in [5.74, 6) is 0.155. The summed E-state index contributed by atoms with van der Waals surface area (Å²) in [6, 6.07) is 15.8. The van der Waals surface area contributed by atoms with Crippen molar-refractivity contribution in [2.24, 2.45) is 0 Å². The molecule has 0 spiro atoms. The lowest BCUT2D eigenvalue weighted by molar-refractivity contribution is 0.252. The number of aromatic hydroxyl groups is 1. The average Bonchev–Trinajstić information content (AvgIpc) is 2.76. The van der Waals surface area contributed by atoms with E-state index in [4.69, 9.17) is 34.8 Å². The molecule has 1 aromatic heterocycles. The van der Waals surface area contributed by atoms with Gasteiger partial charge in [0.05, 0.1) is 27.3 Å². The second kappa shape index (κ2) is 9.61. The summed E-state index contributed by atoms with van der Waals surface area (Å²) in [4.78, 5) is 21.1. The van der Waals surface area contributed by atoms with Gasteiger partial charge in [0.2, 0.25) is 0 Å². The molecule has 0 saturated heterocycles. The molecule has 0 bridgehead atoms. The van der Waals surface area contributed by atoms with Crippen LogP contribution in [-0.4, -0.2) is 27.7 Å². The number of urea groups is 1. The van der Waals surface area contributed by atoms with E-state index in [9.17, 15) is 9.90 Å². The average molecular weight is 488 g/mol. The van der Waals surface area contributed by atoms with Crippen LogP contribution in [0.25, 0.3) is 22.2 Å². The fraction of sp³-hybridized carbons (Fsp3) is 0.0870. The standard InChI is InChI=1S/C23H17Cl3N4O2/c24-16-3-1-2-13(8-16)6-7-27-23(32)30-21-12-28-19-5-4-14(11-20(19)29-21)15-9-17(25)22(31)18(26)10-15/h1-5,8-12,31H,6-7H2,(H2,27,29,30,32). The fourth-order valence-electron chi connectivity index (χ4n) is 3.16. The molecule has 9 heteroatoms. The summed E-state index contributed by atoms with van der Waals surface area (Å²) >= 11 is 18.0. The van der Waals surface area contributed by atoms with Crippen molar-refractivity contribution < 1.29 is 9.90 Å². The Balaban J connectivity index is 1.46. The molecule has 162 valence electrons. The van der Waals surface area contributed by atoms with E-state index >= 15 is 0 Å². The highest BCUT2D eigenvalue weighted by molar-refractivity contribution is 6.37. The quantitative estimate of drug-likeness (QED) is 0.307. The number of aromatic nitrogens is 2. The van der Waals surface area contributed by atoms with Crippen LogP contribution in [0.3, 0.4) is 0 Å². The summed E-state index contributed by atoms with van der Waals surface area (Å²) in [5, 5.41) is 16.2. The number of phenolic OH excluding ortho intramolecular Hbond substituents is 1. The molecule has 0 saturated carbocycles. The molecule has 2 amide bonds. The van der Waals surface area contributed by atoms with Gasteiger partial charge in [0.1, 0.15) is 0 Å². The number of halogens is 3. The van der Waals surface area contributed by atoms with Crippen molar-refractivity contribution in [3.05, 3.63) is 81.4 Å². The van der Waals surface area contributed by atoms with Gasteiger partial charge in [-0.25, -0.2) is 9.78 Å². The largest absolute Gasteiger partial charge is 0.505 e. The van der Waals surface area contributed by atoms with E-state index in [1.807, 2.05) is 30.3 Å². The molecular formula is C23H17Cl3N4O2. The number of hydrogen-bond donors (Lipinski definition) is 3. The monoisotopic (exact) mass is 486 g/mol. The Labute approximate surface area is 199 Å². The first-order chi connectivity index (χ1) is 15.4. The van der Waals surface area contributed by atoms with Crippen LogP contribution < -0.4 is 10.6 Å². The molecule has 32 heavy (non-hydrogen) atoms. The molecule has 3 N–H and O–H groups in total. The third-order valence-corrected chi connectivity index (χ3v) is 5.53. The summed E-state index contributed by atoms with van der Waals surface area (Å²) in [6.45, 7) is 0.444. The highest BCUT2D eigenvalue weighted by atomic mass is 35.5. The second-order valence-corrected chi connectivity index (χ2v) is 8.26. The normalized spacial score (nSPS) is 10.8. The number of anilines is 1. The van der Waals surface area contributed by atoms with E-state index in [1.165, 1.54) is 6.20 Å². The molecule has 1 heterocycles. The van der Waals surface area contributed by atoms with E-state index in [2.05, 4.69) is 20.6 Å². The van der Waals surface area contributed by atoms with E-state index in [0.29, 0.717) is 34.8 Å². The number of benzene rings is 3. The molecule has 4 rings (SSSR count). The maximum atomic E-state index is 12.2. The van der Waals surface area contributed by atoms with Gasteiger partial charge in [-0.15, -0.1) is 0 Å². The highest BCUT2D eigenvalue weighted by Crippen LogP contribution is 2.36. The number of phenols is 1. The van der Waals surface area contributed by atoms with Gasteiger partial charge in [-0.05, 0) is 59.5 Å². The number of rotatable bonds is 5. The van der Waals surface area contributed by atoms with Gasteiger partial charge >= 0.3 is 6.03 Å². The first-order valence-electron chi connectivity index (χ1n) is 9.63. The van der Waals surface area contributed by atoms with Crippen LogP contribution >= 0.6 is 34.8 Å². The fourth-order valence-corrected chi connectivity index (χ4v) is 3.86. The van der Waals surface area contributed by atoms with Gasteiger partial charge < -0.3 is 10.4 Å². The van der Waals surface area contributed by atoms with Crippen molar-refractivity contribution in [3.8, 4) is 16.9 Å². The van der Waals surface area contributed by atoms with Crippen LogP contribution in [0.2, 0.25) is 15.1 Å². The van der Waals surface area contributed by atoms with E-state index in [0.717, 1.165) is 16.7 Å². The Kier molecular flexibility index (Phi) is 6.65. The Morgan fingerprint density at radius 3 is 2.47 bits per heavy atom. The molecule has 0 radical (unpaired) electrons. The van der Waals surface area contributed by atoms with Crippen molar-refractivity contribution in [3.63, 3.8) is 0 Å². The number of nitrogens with zero attached hydrogens (tertiary/aromatic N) is 2. The number of carbonyl (C=O) groups is 1. The lowest BCUT2D eigenvalue weighted by Gasteiger charge is -2.09. The molecule has 0 unspecified atom stereocenters. The van der Waals surface area contributed by atoms with Crippen LogP contribution in [0.5, 0.6) is 5.75 Å². The lowest BCUT2D eigenvalue weighted by atomic mass is 10.0. The molecule has 0 atom stereocenters. The minimum absolute atomic E-state index is 0.156. The topological polar surface area (TPSA) is 87.1 Å². The molecule has 0 aliphatic heterocycles. The number of nitrogens with one attached hydrogen (secondary N) is 2. The van der Waals surface area contributed by atoms with E-state index < -0.39 is 0 Å². The SMILES string of the molecule is O=C(NCCc1cccc(Cl)c1)Nc1cnc2ccc(-c3cc(Cl)c(O)c(Cl)c3)cc2n1. The Morgan fingerprint density at radius 1 is 0.938 bits per heavy atom. The first-order valence-corrected chi connectivity index (χ1v) is 10.8. The lowest BCUT2D eigenvalue weighted by Crippen LogP contribution is -2.30. The smallest absolute Gasteiger partial charge is 0.320 e. The van der Waals surface area contributed by atoms with Crippen LogP contribution in [0, 0.1) is 0 Å². The third kappa shape index (κ3) is 5.22. The zero-order valence-corrected chi connectivity index (χ0v) is 18.8. The van der Waals surface area contributed by atoms with Gasteiger partial charge in [-0.2, -0.15) is 0 Å². The summed E-state index contributed by atoms with van der Waals surface area (Å²) in [5.41, 5.74) is 3.79. The van der Waals surface area contributed by atoms with Crippen molar-refractivity contribution in [1.82, 2.24) is 15.3 Å². The van der Waals surface area contributed by atoms with Crippen molar-refractivity contribution in [1.29, 1.82) is 0 Å². The van der Waals surface area contributed by atoms with Gasteiger partial charge in [-0.1, -0.05) is 53.0 Å². The number of hydrogen-bond acceptors (Lipinski definition) is 4. The summed E-state index contributed by atoms with van der Waals surface area (Å²) < 4.78 is 0. The van der Waals surface area contributed by atoms with E-state index in [-0.39, 0.29) is 21.8 Å². The Bertz CT molecular complexity index is 1290. The number of amides is 2. The van der Waals surface area contributed by atoms with Crippen LogP contribution in [-0.2, 0) is 6.42 Å². The van der Waals surface area contributed by atoms with Gasteiger partial charge in [-0.3, -0.25) is 10.3 Å². The summed E-state index contributed by atoms with van der Waals surface area (Å²) in [7, 11) is 0. The van der Waals surface area contributed by atoms with Crippen LogP contribution in [0.1, 0.15) is 5.56 Å². The number of carbonyl (C=O) groups excluding carboxylic acids is 1. The van der Waals surface area contributed by atoms with Gasteiger partial charge in [0.25, 0.3) is 0 Å². The Morgan fingerprint density at radius 2 is 1.72 bits per heavy atom. The molecule has 0 aliphatic carbocycles. The predicted octanol–water partition coefficient (Wildman–Crippen LogP) is 6.33. The van der Waals surface area contributed by atoms with Gasteiger partial charge in [0.15, 0.2) is 11.6 Å². The van der Waals surface area contributed by atoms with Crippen molar-refractivity contribution >= 4 is 57.7 Å². The van der Waals surface area contributed by atoms with E-state index in [1.54, 1.807) is 24.3 Å². The zero-order valence-electron chi connectivity index (χ0n) is 16.6. The minimum Gasteiger partial charge on any atom is -0.505 e. The Hall–Kier alpha value is -3.06. The predicted molar refractivity (Wildman–Crippen MR) is 129 cm³/mol. The molecule has 0 aliphatic rings. The molecule has 0 fully saturated rings. The van der Waals surface area contributed by atoms with Crippen molar-refractivity contribution in [2.75, 3.05) is 11.9 Å². The van der Waals surface area contributed by atoms with Crippen LogP contribution in [0.4, 0.5) is 10.6 Å². The zero-order chi connectivity index (χ0) is 22.7. The van der Waals surface area contributed by atoms with Gasteiger partial charge in [0, 0.05) is 11.6 Å². The minimum atomic E-state index is -0.381. The van der Waals surface area contributed by atoms with Crippen LogP contribution in [0.15, 0.2) is 60.8 Å². The molecule has 3 aromatic carbocycles. The number of fused-ring (bicyclic) bond motifs is 1. The molecule has 4 aromatic rings. The maximum absolute atomic E-state index is 12.2. The molecule has 6 nitrogen and oxygen atoms in total.